The van der Waals surface area contributed by atoms with E-state index in [1.54, 1.807) is 7.11 Å². The van der Waals surface area contributed by atoms with E-state index in [1.165, 1.54) is 17.5 Å². The molecule has 3 heteroatoms. The average Bonchev–Trinajstić information content (AvgIpc) is 2.17. The van der Waals surface area contributed by atoms with Gasteiger partial charge in [-0.25, -0.2) is 0 Å². The molecule has 78 valence electrons. The van der Waals surface area contributed by atoms with E-state index in [0.717, 1.165) is 18.6 Å². The molecule has 0 radical (unpaired) electrons. The molecular weight excluding hydrogens is 198 g/mol. The number of nitrogens with two attached hydrogens (primary N) is 1. The Labute approximate surface area is 90.9 Å². The Bertz CT molecular complexity index is 300. The lowest BCUT2D eigenvalue weighted by Crippen LogP contribution is -2.18. The third kappa shape index (κ3) is 1.86. The van der Waals surface area contributed by atoms with Crippen LogP contribution >= 0.6 is 12.4 Å². The third-order valence-corrected chi connectivity index (χ3v) is 2.71. The number of rotatable bonds is 1. The lowest BCUT2D eigenvalue weighted by atomic mass is 9.87. The van der Waals surface area contributed by atoms with E-state index in [1.807, 2.05) is 12.1 Å². The van der Waals surface area contributed by atoms with Gasteiger partial charge >= 0.3 is 0 Å². The van der Waals surface area contributed by atoms with Gasteiger partial charge in [-0.05, 0) is 30.9 Å². The van der Waals surface area contributed by atoms with E-state index < -0.39 is 0 Å². The zero-order chi connectivity index (χ0) is 9.26. The van der Waals surface area contributed by atoms with Crippen molar-refractivity contribution in [2.75, 3.05) is 7.11 Å². The lowest BCUT2D eigenvalue weighted by Gasteiger charge is -2.24. The van der Waals surface area contributed by atoms with Crippen molar-refractivity contribution in [2.45, 2.75) is 25.3 Å². The molecule has 0 amide bonds. The summed E-state index contributed by atoms with van der Waals surface area (Å²) in [6, 6.07) is 6.34. The van der Waals surface area contributed by atoms with Gasteiger partial charge in [-0.3, -0.25) is 0 Å². The summed E-state index contributed by atoms with van der Waals surface area (Å²) in [5.74, 6) is 0.949. The fourth-order valence-corrected chi connectivity index (χ4v) is 2.06. The van der Waals surface area contributed by atoms with E-state index in [0.29, 0.717) is 0 Å². The summed E-state index contributed by atoms with van der Waals surface area (Å²) in [5.41, 5.74) is 8.62. The number of halogens is 1. The highest BCUT2D eigenvalue weighted by atomic mass is 35.5. The fourth-order valence-electron chi connectivity index (χ4n) is 2.06. The van der Waals surface area contributed by atoms with Gasteiger partial charge in [0.25, 0.3) is 0 Å². The standard InChI is InChI=1S/C11H15NO.ClH/c1-13-10-7-3-5-8-4-2-6-9(12)11(8)10;/h3,5,7,9H,2,4,6,12H2,1H3;1H. The number of hydrogen-bond acceptors (Lipinski definition) is 2. The molecule has 0 saturated heterocycles. The smallest absolute Gasteiger partial charge is 0.123 e. The Morgan fingerprint density at radius 2 is 2.21 bits per heavy atom. The van der Waals surface area contributed by atoms with E-state index in [4.69, 9.17) is 10.5 Å². The molecule has 2 rings (SSSR count). The van der Waals surface area contributed by atoms with Crippen LogP contribution in [0.15, 0.2) is 18.2 Å². The molecule has 1 aromatic carbocycles. The molecular formula is C11H16ClNO. The maximum Gasteiger partial charge on any atom is 0.123 e. The van der Waals surface area contributed by atoms with E-state index >= 15 is 0 Å². The summed E-state index contributed by atoms with van der Waals surface area (Å²) in [6.45, 7) is 0. The molecule has 1 aromatic rings. The monoisotopic (exact) mass is 213 g/mol. The van der Waals surface area contributed by atoms with Gasteiger partial charge in [-0.1, -0.05) is 12.1 Å². The molecule has 0 saturated carbocycles. The predicted octanol–water partition coefficient (Wildman–Crippen LogP) is 2.45. The van der Waals surface area contributed by atoms with Gasteiger partial charge in [0.2, 0.25) is 0 Å². The first-order valence-electron chi connectivity index (χ1n) is 4.74. The average molecular weight is 214 g/mol. The molecule has 2 N–H and O–H groups in total. The van der Waals surface area contributed by atoms with Gasteiger partial charge < -0.3 is 10.5 Å². The first-order chi connectivity index (χ1) is 6.33. The largest absolute Gasteiger partial charge is 0.496 e. The summed E-state index contributed by atoms with van der Waals surface area (Å²) in [5, 5.41) is 0. The minimum Gasteiger partial charge on any atom is -0.496 e. The van der Waals surface area contributed by atoms with Crippen LogP contribution in [0.4, 0.5) is 0 Å². The van der Waals surface area contributed by atoms with Crippen molar-refractivity contribution in [3.63, 3.8) is 0 Å². The SMILES string of the molecule is COc1cccc2c1C(N)CCC2.Cl. The molecule has 14 heavy (non-hydrogen) atoms. The number of benzene rings is 1. The van der Waals surface area contributed by atoms with Crippen LogP contribution in [0.25, 0.3) is 0 Å². The molecule has 0 bridgehead atoms. The van der Waals surface area contributed by atoms with Crippen LogP contribution < -0.4 is 10.5 Å². The van der Waals surface area contributed by atoms with Crippen LogP contribution in [0.1, 0.15) is 30.0 Å². The first kappa shape index (κ1) is 11.3. The van der Waals surface area contributed by atoms with Gasteiger partial charge in [0.1, 0.15) is 5.75 Å². The topological polar surface area (TPSA) is 35.2 Å². The Balaban J connectivity index is 0.000000980. The summed E-state index contributed by atoms with van der Waals surface area (Å²) < 4.78 is 5.30. The zero-order valence-electron chi connectivity index (χ0n) is 8.32. The molecule has 1 unspecified atom stereocenters. The highest BCUT2D eigenvalue weighted by Crippen LogP contribution is 2.34. The van der Waals surface area contributed by atoms with Crippen LogP contribution in [0.2, 0.25) is 0 Å². The quantitative estimate of drug-likeness (QED) is 0.778. The lowest BCUT2D eigenvalue weighted by molar-refractivity contribution is 0.399. The van der Waals surface area contributed by atoms with Crippen molar-refractivity contribution in [3.05, 3.63) is 29.3 Å². The number of ether oxygens (including phenoxy) is 1. The number of hydrogen-bond donors (Lipinski definition) is 1. The molecule has 0 aliphatic heterocycles. The van der Waals surface area contributed by atoms with Gasteiger partial charge in [-0.2, -0.15) is 0 Å². The van der Waals surface area contributed by atoms with Crippen LogP contribution in [0.3, 0.4) is 0 Å². The highest BCUT2D eigenvalue weighted by molar-refractivity contribution is 5.85. The van der Waals surface area contributed by atoms with Gasteiger partial charge in [0, 0.05) is 11.6 Å². The predicted molar refractivity (Wildman–Crippen MR) is 60.1 cm³/mol. The molecule has 0 fully saturated rings. The molecule has 0 spiro atoms. The normalized spacial score (nSPS) is 19.4. The molecule has 0 aromatic heterocycles. The van der Waals surface area contributed by atoms with E-state index in [9.17, 15) is 0 Å². The Kier molecular flexibility index (Phi) is 3.78. The Hall–Kier alpha value is -0.730. The van der Waals surface area contributed by atoms with Crippen molar-refractivity contribution in [2.24, 2.45) is 5.73 Å². The zero-order valence-corrected chi connectivity index (χ0v) is 9.14. The highest BCUT2D eigenvalue weighted by Gasteiger charge is 2.19. The van der Waals surface area contributed by atoms with Gasteiger partial charge in [-0.15, -0.1) is 12.4 Å². The number of aryl methyl sites for hydroxylation is 1. The van der Waals surface area contributed by atoms with Crippen molar-refractivity contribution in [1.82, 2.24) is 0 Å². The van der Waals surface area contributed by atoms with Crippen LogP contribution in [-0.4, -0.2) is 7.11 Å². The first-order valence-corrected chi connectivity index (χ1v) is 4.74. The Morgan fingerprint density at radius 3 is 2.93 bits per heavy atom. The summed E-state index contributed by atoms with van der Waals surface area (Å²) in [6.07, 6.45) is 3.41. The van der Waals surface area contributed by atoms with Crippen molar-refractivity contribution < 1.29 is 4.74 Å². The van der Waals surface area contributed by atoms with Crippen molar-refractivity contribution in [1.29, 1.82) is 0 Å². The summed E-state index contributed by atoms with van der Waals surface area (Å²) in [7, 11) is 1.71. The maximum atomic E-state index is 6.04. The van der Waals surface area contributed by atoms with Gasteiger partial charge in [0.05, 0.1) is 7.11 Å². The second kappa shape index (κ2) is 4.67. The van der Waals surface area contributed by atoms with Crippen LogP contribution in [-0.2, 0) is 6.42 Å². The molecule has 2 nitrogen and oxygen atoms in total. The second-order valence-electron chi connectivity index (χ2n) is 3.53. The maximum absolute atomic E-state index is 6.04. The van der Waals surface area contributed by atoms with Crippen molar-refractivity contribution in [3.8, 4) is 5.75 Å². The second-order valence-corrected chi connectivity index (χ2v) is 3.53. The molecule has 1 atom stereocenters. The number of methoxy groups -OCH3 is 1. The number of fused-ring (bicyclic) bond motifs is 1. The van der Waals surface area contributed by atoms with E-state index in [2.05, 4.69) is 6.07 Å². The Morgan fingerprint density at radius 1 is 1.43 bits per heavy atom. The molecule has 0 heterocycles. The van der Waals surface area contributed by atoms with Crippen LogP contribution in [0, 0.1) is 0 Å². The summed E-state index contributed by atoms with van der Waals surface area (Å²) >= 11 is 0. The van der Waals surface area contributed by atoms with Crippen LogP contribution in [0.5, 0.6) is 5.75 Å². The third-order valence-electron chi connectivity index (χ3n) is 2.71. The fraction of sp³-hybridized carbons (Fsp3) is 0.455. The van der Waals surface area contributed by atoms with E-state index in [-0.39, 0.29) is 18.4 Å². The molecule has 1 aliphatic rings. The van der Waals surface area contributed by atoms with Gasteiger partial charge in [0.15, 0.2) is 0 Å². The minimum absolute atomic E-state index is 0. The summed E-state index contributed by atoms with van der Waals surface area (Å²) in [4.78, 5) is 0. The van der Waals surface area contributed by atoms with Crippen molar-refractivity contribution >= 4 is 12.4 Å². The molecule has 1 aliphatic carbocycles. The minimum atomic E-state index is 0.